The molecular weight excluding hydrogens is 319 g/mol. The SMILES string of the molecule is FC(F)(F)c1ccc2sc(NCCc3nccs3)nc2c1. The van der Waals surface area contributed by atoms with Gasteiger partial charge in [0.05, 0.1) is 20.8 Å². The van der Waals surface area contributed by atoms with E-state index in [-0.39, 0.29) is 0 Å². The number of thiazole rings is 2. The third kappa shape index (κ3) is 3.33. The molecule has 0 bridgehead atoms. The van der Waals surface area contributed by atoms with Crippen LogP contribution in [0.5, 0.6) is 0 Å². The van der Waals surface area contributed by atoms with Crippen LogP contribution in [-0.4, -0.2) is 16.5 Å². The molecule has 0 aliphatic carbocycles. The van der Waals surface area contributed by atoms with E-state index in [0.717, 1.165) is 28.3 Å². The summed E-state index contributed by atoms with van der Waals surface area (Å²) in [4.78, 5) is 8.36. The summed E-state index contributed by atoms with van der Waals surface area (Å²) >= 11 is 2.92. The lowest BCUT2D eigenvalue weighted by atomic mass is 10.2. The molecule has 0 fully saturated rings. The first-order chi connectivity index (χ1) is 10.0. The van der Waals surface area contributed by atoms with Crippen LogP contribution in [0, 0.1) is 0 Å². The zero-order valence-electron chi connectivity index (χ0n) is 10.6. The van der Waals surface area contributed by atoms with Crippen molar-refractivity contribution in [2.75, 3.05) is 11.9 Å². The number of alkyl halides is 3. The molecule has 1 N–H and O–H groups in total. The minimum atomic E-state index is -4.34. The van der Waals surface area contributed by atoms with E-state index in [4.69, 9.17) is 0 Å². The molecule has 0 aliphatic rings. The first-order valence-corrected chi connectivity index (χ1v) is 7.82. The van der Waals surface area contributed by atoms with Crippen molar-refractivity contribution < 1.29 is 13.2 Å². The average molecular weight is 329 g/mol. The third-order valence-corrected chi connectivity index (χ3v) is 4.65. The van der Waals surface area contributed by atoms with Crippen molar-refractivity contribution in [3.8, 4) is 0 Å². The van der Waals surface area contributed by atoms with Gasteiger partial charge in [-0.05, 0) is 18.2 Å². The van der Waals surface area contributed by atoms with Crippen molar-refractivity contribution in [1.29, 1.82) is 0 Å². The van der Waals surface area contributed by atoms with Crippen molar-refractivity contribution in [3.63, 3.8) is 0 Å². The molecule has 3 aromatic rings. The fourth-order valence-corrected chi connectivity index (χ4v) is 3.32. The number of nitrogens with one attached hydrogen (secondary N) is 1. The van der Waals surface area contributed by atoms with E-state index in [1.165, 1.54) is 17.4 Å². The molecule has 0 aliphatic heterocycles. The highest BCUT2D eigenvalue weighted by molar-refractivity contribution is 7.22. The first-order valence-electron chi connectivity index (χ1n) is 6.12. The van der Waals surface area contributed by atoms with Crippen LogP contribution in [0.25, 0.3) is 10.2 Å². The Morgan fingerprint density at radius 1 is 1.24 bits per heavy atom. The van der Waals surface area contributed by atoms with Crippen LogP contribution in [0.1, 0.15) is 10.6 Å². The summed E-state index contributed by atoms with van der Waals surface area (Å²) in [6.07, 6.45) is -1.83. The van der Waals surface area contributed by atoms with Crippen molar-refractivity contribution >= 4 is 38.0 Å². The van der Waals surface area contributed by atoms with Crippen LogP contribution >= 0.6 is 22.7 Å². The van der Waals surface area contributed by atoms with Crippen molar-refractivity contribution in [2.24, 2.45) is 0 Å². The Balaban J connectivity index is 1.72. The smallest absolute Gasteiger partial charge is 0.361 e. The number of hydrogen-bond acceptors (Lipinski definition) is 5. The highest BCUT2D eigenvalue weighted by Crippen LogP contribution is 2.33. The molecule has 0 spiro atoms. The summed E-state index contributed by atoms with van der Waals surface area (Å²) in [7, 11) is 0. The molecule has 0 radical (unpaired) electrons. The summed E-state index contributed by atoms with van der Waals surface area (Å²) in [6, 6.07) is 3.62. The molecule has 2 aromatic heterocycles. The van der Waals surface area contributed by atoms with E-state index in [2.05, 4.69) is 15.3 Å². The highest BCUT2D eigenvalue weighted by atomic mass is 32.1. The number of fused-ring (bicyclic) bond motifs is 1. The van der Waals surface area contributed by atoms with E-state index in [1.807, 2.05) is 5.38 Å². The average Bonchev–Trinajstić information content (AvgIpc) is 3.05. The normalized spacial score (nSPS) is 12.0. The Morgan fingerprint density at radius 2 is 2.10 bits per heavy atom. The predicted molar refractivity (Wildman–Crippen MR) is 78.9 cm³/mol. The van der Waals surface area contributed by atoms with Gasteiger partial charge in [-0.15, -0.1) is 11.3 Å². The van der Waals surface area contributed by atoms with Crippen molar-refractivity contribution in [3.05, 3.63) is 40.3 Å². The topological polar surface area (TPSA) is 37.8 Å². The molecule has 0 saturated carbocycles. The number of benzene rings is 1. The second kappa shape index (κ2) is 5.61. The summed E-state index contributed by atoms with van der Waals surface area (Å²) in [5.41, 5.74) is -0.304. The second-order valence-electron chi connectivity index (χ2n) is 4.30. The van der Waals surface area contributed by atoms with Gasteiger partial charge in [0.2, 0.25) is 0 Å². The molecule has 110 valence electrons. The second-order valence-corrected chi connectivity index (χ2v) is 6.31. The molecule has 0 atom stereocenters. The molecule has 0 unspecified atom stereocenters. The van der Waals surface area contributed by atoms with E-state index in [0.29, 0.717) is 17.2 Å². The number of rotatable bonds is 4. The fraction of sp³-hybridized carbons (Fsp3) is 0.231. The van der Waals surface area contributed by atoms with Gasteiger partial charge in [-0.2, -0.15) is 13.2 Å². The molecule has 0 saturated heterocycles. The lowest BCUT2D eigenvalue weighted by molar-refractivity contribution is -0.137. The summed E-state index contributed by atoms with van der Waals surface area (Å²) in [5, 5.41) is 6.67. The maximum atomic E-state index is 12.6. The van der Waals surface area contributed by atoms with Crippen LogP contribution in [-0.2, 0) is 12.6 Å². The van der Waals surface area contributed by atoms with Gasteiger partial charge in [0.15, 0.2) is 5.13 Å². The van der Waals surface area contributed by atoms with Crippen molar-refractivity contribution in [1.82, 2.24) is 9.97 Å². The van der Waals surface area contributed by atoms with E-state index in [9.17, 15) is 13.2 Å². The number of aromatic nitrogens is 2. The monoisotopic (exact) mass is 329 g/mol. The van der Waals surface area contributed by atoms with Crippen LogP contribution in [0.2, 0.25) is 0 Å². The van der Waals surface area contributed by atoms with Gasteiger partial charge in [0.1, 0.15) is 0 Å². The minimum absolute atomic E-state index is 0.367. The van der Waals surface area contributed by atoms with Gasteiger partial charge < -0.3 is 5.32 Å². The third-order valence-electron chi connectivity index (χ3n) is 2.81. The van der Waals surface area contributed by atoms with Gasteiger partial charge >= 0.3 is 6.18 Å². The number of nitrogens with zero attached hydrogens (tertiary/aromatic N) is 2. The standard InChI is InChI=1S/C13H10F3N3S2/c14-13(15,16)8-1-2-10-9(7-8)19-12(21-10)18-4-3-11-17-5-6-20-11/h1-2,5-7H,3-4H2,(H,18,19). The zero-order valence-corrected chi connectivity index (χ0v) is 12.3. The van der Waals surface area contributed by atoms with Crippen LogP contribution < -0.4 is 5.32 Å². The van der Waals surface area contributed by atoms with Gasteiger partial charge in [0, 0.05) is 24.5 Å². The van der Waals surface area contributed by atoms with E-state index < -0.39 is 11.7 Å². The largest absolute Gasteiger partial charge is 0.416 e. The maximum Gasteiger partial charge on any atom is 0.416 e. The van der Waals surface area contributed by atoms with Crippen LogP contribution in [0.4, 0.5) is 18.3 Å². The quantitative estimate of drug-likeness (QED) is 0.769. The van der Waals surface area contributed by atoms with E-state index >= 15 is 0 Å². The predicted octanol–water partition coefficient (Wildman–Crippen LogP) is 4.43. The highest BCUT2D eigenvalue weighted by Gasteiger charge is 2.30. The van der Waals surface area contributed by atoms with Crippen molar-refractivity contribution in [2.45, 2.75) is 12.6 Å². The lowest BCUT2D eigenvalue weighted by Crippen LogP contribution is -2.04. The Kier molecular flexibility index (Phi) is 3.81. The van der Waals surface area contributed by atoms with Gasteiger partial charge in [-0.25, -0.2) is 9.97 Å². The van der Waals surface area contributed by atoms with Crippen LogP contribution in [0.15, 0.2) is 29.8 Å². The molecule has 3 nitrogen and oxygen atoms in total. The summed E-state index contributed by atoms with van der Waals surface area (Å²) in [5.74, 6) is 0. The minimum Gasteiger partial charge on any atom is -0.361 e. The Hall–Kier alpha value is -1.67. The molecular formula is C13H10F3N3S2. The molecule has 1 aromatic carbocycles. The van der Waals surface area contributed by atoms with Crippen LogP contribution in [0.3, 0.4) is 0 Å². The molecule has 0 amide bonds. The van der Waals surface area contributed by atoms with E-state index in [1.54, 1.807) is 17.5 Å². The number of halogens is 3. The Morgan fingerprint density at radius 3 is 2.81 bits per heavy atom. The molecule has 2 heterocycles. The van der Waals surface area contributed by atoms with Gasteiger partial charge in [0.25, 0.3) is 0 Å². The Bertz CT molecular complexity index is 735. The Labute approximate surface area is 126 Å². The van der Waals surface area contributed by atoms with Gasteiger partial charge in [-0.1, -0.05) is 11.3 Å². The maximum absolute atomic E-state index is 12.6. The lowest BCUT2D eigenvalue weighted by Gasteiger charge is -2.04. The van der Waals surface area contributed by atoms with Gasteiger partial charge in [-0.3, -0.25) is 0 Å². The number of hydrogen-bond donors (Lipinski definition) is 1. The summed E-state index contributed by atoms with van der Waals surface area (Å²) in [6.45, 7) is 0.652. The number of anilines is 1. The zero-order chi connectivity index (χ0) is 14.9. The fourth-order valence-electron chi connectivity index (χ4n) is 1.83. The molecule has 3 rings (SSSR count). The molecule has 21 heavy (non-hydrogen) atoms. The summed E-state index contributed by atoms with van der Waals surface area (Å²) < 4.78 is 38.6. The molecule has 8 heteroatoms. The first kappa shape index (κ1) is 14.3.